The second-order valence-corrected chi connectivity index (χ2v) is 11.8. The number of likely N-dealkylation sites (tertiary alicyclic amines) is 1. The first-order valence-electron chi connectivity index (χ1n) is 13.5. The van der Waals surface area contributed by atoms with E-state index in [4.69, 9.17) is 27.9 Å². The van der Waals surface area contributed by atoms with Crippen molar-refractivity contribution in [1.29, 1.82) is 0 Å². The van der Waals surface area contributed by atoms with Crippen LogP contribution in [0, 0.1) is 22.0 Å². The predicted octanol–water partition coefficient (Wildman–Crippen LogP) is 5.79. The molecule has 0 saturated carbocycles. The molecule has 2 amide bonds. The molecule has 0 spiro atoms. The summed E-state index contributed by atoms with van der Waals surface area (Å²) in [5.74, 6) is -2.77. The highest BCUT2D eigenvalue weighted by atomic mass is 35.5. The largest absolute Gasteiger partial charge is 0.461 e. The summed E-state index contributed by atoms with van der Waals surface area (Å²) in [5.41, 5.74) is 3.28. The molecule has 3 aromatic rings. The maximum absolute atomic E-state index is 13.8. The van der Waals surface area contributed by atoms with Gasteiger partial charge in [-0.3, -0.25) is 29.4 Å². The number of carbonyl (C=O) groups excluding carboxylic acids is 3. The highest BCUT2D eigenvalue weighted by molar-refractivity contribution is 6.36. The Bertz CT molecular complexity index is 1470. The van der Waals surface area contributed by atoms with Crippen molar-refractivity contribution in [2.24, 2.45) is 11.8 Å². The molecule has 7 rings (SSSR count). The van der Waals surface area contributed by atoms with Crippen LogP contribution < -0.4 is 0 Å². The number of benzene rings is 3. The molecule has 0 aromatic heterocycles. The Hall–Kier alpha value is -3.75. The van der Waals surface area contributed by atoms with Gasteiger partial charge in [-0.05, 0) is 41.2 Å². The predicted molar refractivity (Wildman–Crippen MR) is 151 cm³/mol. The Morgan fingerprint density at radius 2 is 1.29 bits per heavy atom. The van der Waals surface area contributed by atoms with Gasteiger partial charge in [-0.25, -0.2) is 0 Å². The summed E-state index contributed by atoms with van der Waals surface area (Å²) in [5, 5.41) is 11.1. The van der Waals surface area contributed by atoms with E-state index in [0.717, 1.165) is 22.3 Å². The van der Waals surface area contributed by atoms with Crippen LogP contribution >= 0.6 is 23.2 Å². The topological polar surface area (TPSA) is 107 Å². The molecule has 1 heterocycles. The molecular formula is C31H26Cl2N2O6. The van der Waals surface area contributed by atoms with Crippen LogP contribution in [0.2, 0.25) is 0 Å². The first-order chi connectivity index (χ1) is 19.7. The number of para-hydroxylation sites is 1. The summed E-state index contributed by atoms with van der Waals surface area (Å²) in [6, 6.07) is 21.1. The lowest BCUT2D eigenvalue weighted by Crippen LogP contribution is -2.57. The molecule has 0 radical (unpaired) electrons. The number of nitro groups is 1. The summed E-state index contributed by atoms with van der Waals surface area (Å²) in [6.07, 6.45) is 1.67. The molecular weight excluding hydrogens is 567 g/mol. The van der Waals surface area contributed by atoms with Gasteiger partial charge in [0, 0.05) is 19.0 Å². The van der Waals surface area contributed by atoms with E-state index in [9.17, 15) is 24.5 Å². The van der Waals surface area contributed by atoms with E-state index in [1.165, 1.54) is 11.0 Å². The van der Waals surface area contributed by atoms with Crippen molar-refractivity contribution in [3.8, 4) is 0 Å². The number of unbranched alkanes of at least 4 members (excludes halogenated alkanes) is 2. The second-order valence-electron chi connectivity index (χ2n) is 10.7. The Labute approximate surface area is 246 Å². The van der Waals surface area contributed by atoms with Crippen molar-refractivity contribution in [2.75, 3.05) is 6.54 Å². The van der Waals surface area contributed by atoms with Crippen LogP contribution in [0.1, 0.15) is 53.5 Å². The van der Waals surface area contributed by atoms with E-state index in [1.54, 1.807) is 18.2 Å². The number of hydrogen-bond donors (Lipinski definition) is 0. The molecule has 1 fully saturated rings. The smallest absolute Gasteiger partial charge is 0.306 e. The molecule has 1 aliphatic heterocycles. The lowest BCUT2D eigenvalue weighted by Gasteiger charge is -2.54. The third kappa shape index (κ3) is 4.07. The summed E-state index contributed by atoms with van der Waals surface area (Å²) in [4.78, 5) is 49.4. The van der Waals surface area contributed by atoms with Crippen LogP contribution in [0.4, 0.5) is 5.69 Å². The average Bonchev–Trinajstić information content (AvgIpc) is 3.25. The van der Waals surface area contributed by atoms with E-state index in [1.807, 2.05) is 48.5 Å². The standard InChI is InChI=1S/C31H26Cl2N2O6/c32-30-20-11-4-5-12-21(20)31(33,23-14-7-6-13-22(23)30)27-26(30)28(37)34(29(27)38)17-9-1-2-16-25(36)41-18-19-10-3-8-15-24(19)35(39)40/h3-8,10-15,26-27H,1-2,9,16-18H2/t26-,27-,30?,31?/m0/s1. The number of nitrogens with zero attached hydrogens (tertiary/aromatic N) is 2. The zero-order chi connectivity index (χ0) is 28.9. The van der Waals surface area contributed by atoms with Gasteiger partial charge < -0.3 is 4.74 Å². The normalized spacial score (nSPS) is 25.5. The molecule has 2 bridgehead atoms. The number of alkyl halides is 2. The third-order valence-electron chi connectivity index (χ3n) is 8.52. The highest BCUT2D eigenvalue weighted by Crippen LogP contribution is 2.69. The third-order valence-corrected chi connectivity index (χ3v) is 9.80. The Balaban J connectivity index is 1.10. The molecule has 4 aliphatic rings. The highest BCUT2D eigenvalue weighted by Gasteiger charge is 2.72. The van der Waals surface area contributed by atoms with Crippen molar-refractivity contribution >= 4 is 46.7 Å². The van der Waals surface area contributed by atoms with Gasteiger partial charge in [0.1, 0.15) is 16.4 Å². The van der Waals surface area contributed by atoms with Crippen molar-refractivity contribution in [3.05, 3.63) is 111 Å². The summed E-state index contributed by atoms with van der Waals surface area (Å²) < 4.78 is 5.22. The van der Waals surface area contributed by atoms with Crippen molar-refractivity contribution < 1.29 is 24.0 Å². The number of amides is 2. The number of nitro benzene ring substituents is 1. The van der Waals surface area contributed by atoms with Gasteiger partial charge in [0.25, 0.3) is 5.69 Å². The fourth-order valence-electron chi connectivity index (χ4n) is 6.70. The number of rotatable bonds is 9. The quantitative estimate of drug-likeness (QED) is 0.0777. The van der Waals surface area contributed by atoms with Gasteiger partial charge >= 0.3 is 5.97 Å². The van der Waals surface area contributed by atoms with Gasteiger partial charge in [-0.2, -0.15) is 0 Å². The molecule has 0 N–H and O–H groups in total. The molecule has 0 unspecified atom stereocenters. The van der Waals surface area contributed by atoms with Crippen LogP contribution in [-0.2, 0) is 35.5 Å². The Morgan fingerprint density at radius 3 is 1.80 bits per heavy atom. The molecule has 1 saturated heterocycles. The maximum Gasteiger partial charge on any atom is 0.306 e. The lowest BCUT2D eigenvalue weighted by atomic mass is 9.54. The summed E-state index contributed by atoms with van der Waals surface area (Å²) in [7, 11) is 0. The van der Waals surface area contributed by atoms with E-state index < -0.39 is 32.5 Å². The number of hydrogen-bond acceptors (Lipinski definition) is 6. The number of halogens is 2. The average molecular weight is 593 g/mol. The van der Waals surface area contributed by atoms with Crippen LogP contribution in [0.15, 0.2) is 72.8 Å². The molecule has 3 aromatic carbocycles. The SMILES string of the molecule is O=C(CCCCCN1C(=O)[C@@H]2[C@@H](C1=O)C1(Cl)c3ccccc3C2(Cl)c2ccccc21)OCc1ccccc1[N+](=O)[O-]. The first-order valence-corrected chi connectivity index (χ1v) is 14.3. The van der Waals surface area contributed by atoms with Gasteiger partial charge in [0.05, 0.1) is 22.3 Å². The zero-order valence-corrected chi connectivity index (χ0v) is 23.4. The summed E-state index contributed by atoms with van der Waals surface area (Å²) >= 11 is 14.8. The minimum Gasteiger partial charge on any atom is -0.461 e. The second kappa shape index (κ2) is 10.3. The van der Waals surface area contributed by atoms with E-state index >= 15 is 0 Å². The lowest BCUT2D eigenvalue weighted by molar-refractivity contribution is -0.385. The van der Waals surface area contributed by atoms with Crippen LogP contribution in [0.5, 0.6) is 0 Å². The zero-order valence-electron chi connectivity index (χ0n) is 21.9. The first kappa shape index (κ1) is 27.4. The Kier molecular flexibility index (Phi) is 6.86. The van der Waals surface area contributed by atoms with Crippen LogP contribution in [0.25, 0.3) is 0 Å². The fraction of sp³-hybridized carbons (Fsp3) is 0.323. The number of imide groups is 1. The van der Waals surface area contributed by atoms with Gasteiger partial charge in [0.15, 0.2) is 0 Å². The molecule has 8 nitrogen and oxygen atoms in total. The van der Waals surface area contributed by atoms with Gasteiger partial charge in [-0.15, -0.1) is 23.2 Å². The minimum atomic E-state index is -1.20. The van der Waals surface area contributed by atoms with Crippen molar-refractivity contribution in [1.82, 2.24) is 4.90 Å². The van der Waals surface area contributed by atoms with Gasteiger partial charge in [0.2, 0.25) is 11.8 Å². The van der Waals surface area contributed by atoms with Crippen molar-refractivity contribution in [3.63, 3.8) is 0 Å². The molecule has 3 aliphatic carbocycles. The van der Waals surface area contributed by atoms with Gasteiger partial charge in [-0.1, -0.05) is 67.1 Å². The van der Waals surface area contributed by atoms with E-state index in [0.29, 0.717) is 24.8 Å². The van der Waals surface area contributed by atoms with E-state index in [2.05, 4.69) is 0 Å². The Morgan fingerprint density at radius 1 is 0.805 bits per heavy atom. The number of esters is 1. The van der Waals surface area contributed by atoms with Crippen LogP contribution in [-0.4, -0.2) is 34.2 Å². The fourth-order valence-corrected chi connectivity index (χ4v) is 7.80. The molecule has 10 heteroatoms. The maximum atomic E-state index is 13.8. The van der Waals surface area contributed by atoms with Crippen LogP contribution in [0.3, 0.4) is 0 Å². The number of carbonyl (C=O) groups is 3. The number of ether oxygens (including phenoxy) is 1. The monoisotopic (exact) mass is 592 g/mol. The molecule has 2 atom stereocenters. The summed E-state index contributed by atoms with van der Waals surface area (Å²) in [6.45, 7) is 0.0171. The van der Waals surface area contributed by atoms with E-state index in [-0.39, 0.29) is 37.1 Å². The minimum absolute atomic E-state index is 0.0992. The molecule has 210 valence electrons. The van der Waals surface area contributed by atoms with Crippen molar-refractivity contribution in [2.45, 2.75) is 42.0 Å². The molecule has 41 heavy (non-hydrogen) atoms.